The minimum Gasteiger partial charge on any atom is -0.753 e. The number of rotatable bonds is 6. The van der Waals surface area contributed by atoms with Crippen LogP contribution in [0.1, 0.15) is 193 Å². The van der Waals surface area contributed by atoms with Crippen molar-refractivity contribution in [2.24, 2.45) is 0 Å². The Labute approximate surface area is 290 Å². The molecule has 0 bridgehead atoms. The fourth-order valence-corrected chi connectivity index (χ4v) is 19.4. The average Bonchev–Trinajstić information content (AvgIpc) is 3.10. The van der Waals surface area contributed by atoms with Crippen LogP contribution >= 0.6 is 28.1 Å². The van der Waals surface area contributed by atoms with E-state index in [4.69, 9.17) is 15.9 Å². The summed E-state index contributed by atoms with van der Waals surface area (Å²) in [5.74, 6) is 0. The zero-order valence-corrected chi connectivity index (χ0v) is 31.7. The molecule has 44 heavy (non-hydrogen) atoms. The van der Waals surface area contributed by atoms with Crippen LogP contribution < -0.4 is 0 Å². The van der Waals surface area contributed by atoms with Crippen LogP contribution in [0.25, 0.3) is 11.0 Å². The summed E-state index contributed by atoms with van der Waals surface area (Å²) in [6.07, 6.45) is 47.2. The molecule has 0 saturated heterocycles. The van der Waals surface area contributed by atoms with E-state index in [2.05, 4.69) is 12.2 Å². The van der Waals surface area contributed by atoms with Crippen LogP contribution in [0.15, 0.2) is 0 Å². The molecule has 0 atom stereocenters. The molecule has 6 rings (SSSR count). The maximum absolute atomic E-state index is 7.25. The predicted octanol–water partition coefficient (Wildman–Crippen LogP) is 13.9. The van der Waals surface area contributed by atoms with Gasteiger partial charge in [0, 0.05) is 0 Å². The molecular weight excluding hydrogens is 641 g/mol. The van der Waals surface area contributed by atoms with Gasteiger partial charge in [0.15, 0.2) is 0 Å². The maximum Gasteiger partial charge on any atom is 2.00 e. The molecule has 6 aliphatic rings. The van der Waals surface area contributed by atoms with Crippen molar-refractivity contribution >= 4 is 33.2 Å². The van der Waals surface area contributed by atoms with Crippen LogP contribution in [0, 0.1) is 4.91 Å². The fraction of sp³-hybridized carbons (Fsp3) is 0.973. The Kier molecular flexibility index (Phi) is 23.9. The summed E-state index contributed by atoms with van der Waals surface area (Å²) in [5, 5.41) is 8.47. The van der Waals surface area contributed by atoms with Gasteiger partial charge in [0.05, 0.1) is 0 Å². The van der Waals surface area contributed by atoms with Gasteiger partial charge in [-0.05, 0) is 111 Å². The summed E-state index contributed by atoms with van der Waals surface area (Å²) in [5.41, 5.74) is 12.9. The first-order valence-corrected chi connectivity index (χ1v) is 22.6. The number of thiocarbonyl (C=S) groups is 1. The molecule has 0 unspecified atom stereocenters. The van der Waals surface area contributed by atoms with Crippen LogP contribution in [0.2, 0.25) is 0 Å². The Hall–Kier alpha value is 0.754. The largest absolute Gasteiger partial charge is 2.00 e. The number of isothiocyanates is 1. The van der Waals surface area contributed by atoms with Crippen molar-refractivity contribution in [3.05, 3.63) is 15.9 Å². The fourth-order valence-electron chi connectivity index (χ4n) is 10.1. The van der Waals surface area contributed by atoms with E-state index in [1.54, 1.807) is 154 Å². The molecule has 7 heteroatoms. The molecule has 0 amide bonds. The molecule has 0 aromatic carbocycles. The topological polar surface area (TPSA) is 61.7 Å². The number of nitroso groups, excluding NO2 is 1. The Morgan fingerprint density at radius 2 is 0.477 bits per heavy atom. The van der Waals surface area contributed by atoms with Gasteiger partial charge in [-0.3, -0.25) is 0 Å². The normalized spacial score (nSPS) is 25.2. The molecule has 6 aliphatic carbocycles. The molecule has 0 aromatic heterocycles. The van der Waals surface area contributed by atoms with Crippen LogP contribution in [0.5, 0.6) is 0 Å². The van der Waals surface area contributed by atoms with E-state index in [0.717, 1.165) is 0 Å². The van der Waals surface area contributed by atoms with Gasteiger partial charge in [-0.2, -0.15) is 5.16 Å². The molecule has 6 saturated carbocycles. The van der Waals surface area contributed by atoms with E-state index < -0.39 is 0 Å². The first-order chi connectivity index (χ1) is 21.3. The van der Waals surface area contributed by atoms with E-state index in [0.29, 0.717) is 15.8 Å². The van der Waals surface area contributed by atoms with Gasteiger partial charge in [0.1, 0.15) is 0 Å². The summed E-state index contributed by atoms with van der Waals surface area (Å²) in [7, 11) is 0.770. The first-order valence-electron chi connectivity index (χ1n) is 19.1. The van der Waals surface area contributed by atoms with Gasteiger partial charge in [0.25, 0.3) is 0 Å². The summed E-state index contributed by atoms with van der Waals surface area (Å²) in [4.78, 5) is 7.25. The van der Waals surface area contributed by atoms with E-state index in [1.165, 1.54) is 77.6 Å². The van der Waals surface area contributed by atoms with Crippen molar-refractivity contribution in [1.82, 2.24) is 0 Å². The quantitative estimate of drug-likeness (QED) is 0.119. The van der Waals surface area contributed by atoms with Crippen LogP contribution in [-0.4, -0.2) is 39.1 Å². The van der Waals surface area contributed by atoms with Gasteiger partial charge < -0.3 is 15.9 Å². The summed E-state index contributed by atoms with van der Waals surface area (Å²) in [6, 6.07) is 0. The van der Waals surface area contributed by atoms with Crippen molar-refractivity contribution in [1.29, 1.82) is 0 Å². The Balaban J connectivity index is 0.000000263. The van der Waals surface area contributed by atoms with Gasteiger partial charge in [-0.15, -0.1) is 0 Å². The SMILES string of the molecule is C1CCC(P(C2CCCCC2)C2CCCCC2)CC1.C1CCC(P(C2CCCCC2)C2CCCCC2)CC1.[N-]=C=S.[N-]=O.[Ni+2]. The molecule has 0 aliphatic heterocycles. The van der Waals surface area contributed by atoms with Gasteiger partial charge >= 0.3 is 16.5 Å². The van der Waals surface area contributed by atoms with E-state index in [9.17, 15) is 0 Å². The van der Waals surface area contributed by atoms with Crippen molar-refractivity contribution in [3.8, 4) is 0 Å². The second-order valence-electron chi connectivity index (χ2n) is 14.7. The Morgan fingerprint density at radius 3 is 0.591 bits per heavy atom. The molecule has 6 fully saturated rings. The standard InChI is InChI=1S/2C18H33P.CNS.NO.Ni/c2*1-4-10-16(11-5-1)19(17-12-6-2-7-13-17)18-14-8-3-9-15-18;2-1-3;1-2;/h2*16-18H,1-15H2;;;/q;;2*-1;+2. The van der Waals surface area contributed by atoms with E-state index in [1.807, 2.05) is 0 Å². The molecule has 0 aromatic rings. The van der Waals surface area contributed by atoms with Crippen molar-refractivity contribution in [2.75, 3.05) is 0 Å². The molecule has 256 valence electrons. The summed E-state index contributed by atoms with van der Waals surface area (Å²) < 4.78 is 0. The first kappa shape index (κ1) is 40.9. The Bertz CT molecular complexity index is 581. The number of nitrogens with zero attached hydrogens (tertiary/aromatic N) is 2. The van der Waals surface area contributed by atoms with Gasteiger partial charge in [-0.1, -0.05) is 144 Å². The smallest absolute Gasteiger partial charge is 0.753 e. The number of hydrogen-bond donors (Lipinski definition) is 0. The van der Waals surface area contributed by atoms with Crippen molar-refractivity contribution in [3.63, 3.8) is 0 Å². The molecule has 0 radical (unpaired) electrons. The zero-order chi connectivity index (χ0) is 30.5. The molecule has 0 spiro atoms. The maximum atomic E-state index is 7.25. The predicted molar refractivity (Wildman–Crippen MR) is 198 cm³/mol. The van der Waals surface area contributed by atoms with Crippen LogP contribution in [-0.2, 0) is 16.5 Å². The Morgan fingerprint density at radius 1 is 0.364 bits per heavy atom. The van der Waals surface area contributed by atoms with E-state index in [-0.39, 0.29) is 16.5 Å². The minimum absolute atomic E-state index is 0. The average molecular weight is 708 g/mol. The zero-order valence-electron chi connectivity index (χ0n) is 28.1. The minimum atomic E-state index is 0. The third kappa shape index (κ3) is 14.1. The van der Waals surface area contributed by atoms with Gasteiger partial charge in [0.2, 0.25) is 0 Å². The van der Waals surface area contributed by atoms with Crippen molar-refractivity contribution < 1.29 is 16.5 Å². The molecular formula is C37H66N2NiOP2S. The van der Waals surface area contributed by atoms with Crippen molar-refractivity contribution in [2.45, 2.75) is 227 Å². The third-order valence-corrected chi connectivity index (χ3v) is 20.1. The monoisotopic (exact) mass is 706 g/mol. The van der Waals surface area contributed by atoms with Gasteiger partial charge in [-0.25, -0.2) is 0 Å². The molecule has 0 heterocycles. The second kappa shape index (κ2) is 25.7. The summed E-state index contributed by atoms with van der Waals surface area (Å²) in [6.45, 7) is 0. The second-order valence-corrected chi connectivity index (χ2v) is 21.1. The molecule has 3 nitrogen and oxygen atoms in total. The summed E-state index contributed by atoms with van der Waals surface area (Å²) >= 11 is 3.70. The van der Waals surface area contributed by atoms with Crippen LogP contribution in [0.4, 0.5) is 0 Å². The third-order valence-electron chi connectivity index (χ3n) is 12.0. The van der Waals surface area contributed by atoms with E-state index >= 15 is 0 Å². The number of hydrogen-bond acceptors (Lipinski definition) is 2. The van der Waals surface area contributed by atoms with Crippen LogP contribution in [0.3, 0.4) is 0 Å². The molecule has 0 N–H and O–H groups in total.